The summed E-state index contributed by atoms with van der Waals surface area (Å²) in [6.45, 7) is 0.458. The van der Waals surface area contributed by atoms with Gasteiger partial charge in [-0.1, -0.05) is 24.3 Å². The van der Waals surface area contributed by atoms with Crippen LogP contribution in [0.2, 0.25) is 0 Å². The lowest BCUT2D eigenvalue weighted by atomic mass is 10.0. The number of aromatic nitrogens is 2. The Kier molecular flexibility index (Phi) is 3.51. The van der Waals surface area contributed by atoms with Gasteiger partial charge in [-0.3, -0.25) is 14.3 Å². The predicted molar refractivity (Wildman–Crippen MR) is 82.8 cm³/mol. The number of benzene rings is 1. The van der Waals surface area contributed by atoms with Crippen LogP contribution in [0, 0.1) is 3.57 Å². The summed E-state index contributed by atoms with van der Waals surface area (Å²) in [5.41, 5.74) is 1.24. The number of aliphatic hydroxyl groups is 1. The molecule has 1 aromatic heterocycles. The van der Waals surface area contributed by atoms with Gasteiger partial charge in [0.05, 0.1) is 9.67 Å². The largest absolute Gasteiger partial charge is 0.388 e. The highest BCUT2D eigenvalue weighted by molar-refractivity contribution is 14.1. The third-order valence-corrected chi connectivity index (χ3v) is 4.46. The molecule has 0 aliphatic heterocycles. The third kappa shape index (κ3) is 2.33. The first kappa shape index (κ1) is 13.6. The Morgan fingerprint density at radius 1 is 1.30 bits per heavy atom. The fourth-order valence-electron chi connectivity index (χ4n) is 2.74. The van der Waals surface area contributed by atoms with Gasteiger partial charge < -0.3 is 5.11 Å². The highest BCUT2D eigenvalue weighted by atomic mass is 127. The molecule has 0 saturated heterocycles. The van der Waals surface area contributed by atoms with Crippen LogP contribution in [0.4, 0.5) is 0 Å². The van der Waals surface area contributed by atoms with Gasteiger partial charge in [-0.2, -0.15) is 0 Å². The van der Waals surface area contributed by atoms with E-state index >= 15 is 0 Å². The molecule has 104 valence electrons. The van der Waals surface area contributed by atoms with Crippen LogP contribution in [0.3, 0.4) is 0 Å². The number of aromatic amines is 1. The molecule has 1 aromatic carbocycles. The third-order valence-electron chi connectivity index (χ3n) is 3.69. The fraction of sp³-hybridized carbons (Fsp3) is 0.286. The molecule has 2 atom stereocenters. The van der Waals surface area contributed by atoms with Gasteiger partial charge in [-0.05, 0) is 40.1 Å². The first-order valence-corrected chi connectivity index (χ1v) is 7.40. The van der Waals surface area contributed by atoms with Crippen molar-refractivity contribution in [3.05, 3.63) is 66.0 Å². The van der Waals surface area contributed by atoms with Crippen LogP contribution in [-0.2, 0) is 6.54 Å². The summed E-state index contributed by atoms with van der Waals surface area (Å²) in [6, 6.07) is 7.74. The van der Waals surface area contributed by atoms with Crippen LogP contribution in [0.1, 0.15) is 29.6 Å². The lowest BCUT2D eigenvalue weighted by molar-refractivity contribution is 0.170. The highest BCUT2D eigenvalue weighted by Gasteiger charge is 2.29. The van der Waals surface area contributed by atoms with Crippen LogP contribution in [-0.4, -0.2) is 14.7 Å². The Balaban J connectivity index is 1.96. The maximum Gasteiger partial charge on any atom is 0.328 e. The first-order chi connectivity index (χ1) is 9.56. The summed E-state index contributed by atoms with van der Waals surface area (Å²) < 4.78 is 1.98. The van der Waals surface area contributed by atoms with E-state index < -0.39 is 11.8 Å². The van der Waals surface area contributed by atoms with Crippen LogP contribution in [0.5, 0.6) is 0 Å². The summed E-state index contributed by atoms with van der Waals surface area (Å²) >= 11 is 1.90. The van der Waals surface area contributed by atoms with Gasteiger partial charge >= 0.3 is 5.69 Å². The fourth-order valence-corrected chi connectivity index (χ4v) is 3.21. The molecular weight excluding hydrogens is 371 g/mol. The maximum atomic E-state index is 11.8. The lowest BCUT2D eigenvalue weighted by Crippen LogP contribution is -2.32. The second-order valence-electron chi connectivity index (χ2n) is 4.97. The maximum absolute atomic E-state index is 11.8. The molecule has 2 aromatic rings. The summed E-state index contributed by atoms with van der Waals surface area (Å²) in [6.07, 6.45) is 1.69. The standard InChI is InChI=1S/C14H13IN2O3/c15-11-7-17(14(20)16-13(11)19)6-8-5-12(18)10-4-2-1-3-9(8)10/h1-4,7-8,12,18H,5-6H2,(H,16,19,20)/t8-,12-/m0/s1. The quantitative estimate of drug-likeness (QED) is 0.768. The molecule has 0 radical (unpaired) electrons. The average molecular weight is 384 g/mol. The Morgan fingerprint density at radius 2 is 2.00 bits per heavy atom. The zero-order valence-corrected chi connectivity index (χ0v) is 12.7. The number of hydrogen-bond donors (Lipinski definition) is 2. The molecule has 20 heavy (non-hydrogen) atoms. The smallest absolute Gasteiger partial charge is 0.328 e. The molecule has 6 heteroatoms. The van der Waals surface area contributed by atoms with E-state index in [0.29, 0.717) is 16.5 Å². The van der Waals surface area contributed by atoms with Crippen LogP contribution in [0.15, 0.2) is 40.1 Å². The Morgan fingerprint density at radius 3 is 2.75 bits per heavy atom. The van der Waals surface area contributed by atoms with E-state index in [-0.39, 0.29) is 11.5 Å². The molecule has 1 heterocycles. The number of nitrogens with one attached hydrogen (secondary N) is 1. The van der Waals surface area contributed by atoms with E-state index in [9.17, 15) is 14.7 Å². The van der Waals surface area contributed by atoms with Crippen LogP contribution >= 0.6 is 22.6 Å². The molecule has 0 unspecified atom stereocenters. The predicted octanol–water partition coefficient (Wildman–Crippen LogP) is 1.36. The van der Waals surface area contributed by atoms with Crippen molar-refractivity contribution >= 4 is 22.6 Å². The highest BCUT2D eigenvalue weighted by Crippen LogP contribution is 2.40. The molecule has 0 spiro atoms. The average Bonchev–Trinajstić information content (AvgIpc) is 2.74. The minimum atomic E-state index is -0.478. The van der Waals surface area contributed by atoms with E-state index in [1.165, 1.54) is 4.57 Å². The number of hydrogen-bond acceptors (Lipinski definition) is 3. The van der Waals surface area contributed by atoms with Gasteiger partial charge in [-0.15, -0.1) is 0 Å². The monoisotopic (exact) mass is 384 g/mol. The second-order valence-corrected chi connectivity index (χ2v) is 6.13. The van der Waals surface area contributed by atoms with Crippen molar-refractivity contribution in [2.75, 3.05) is 0 Å². The van der Waals surface area contributed by atoms with Gasteiger partial charge in [-0.25, -0.2) is 4.79 Å². The normalized spacial score (nSPS) is 20.9. The van der Waals surface area contributed by atoms with E-state index in [1.54, 1.807) is 6.20 Å². The minimum Gasteiger partial charge on any atom is -0.388 e. The minimum absolute atomic E-state index is 0.0839. The zero-order chi connectivity index (χ0) is 14.3. The molecule has 0 amide bonds. The molecule has 5 nitrogen and oxygen atoms in total. The van der Waals surface area contributed by atoms with Crippen molar-refractivity contribution in [3.8, 4) is 0 Å². The first-order valence-electron chi connectivity index (χ1n) is 6.32. The molecule has 1 aliphatic rings. The van der Waals surface area contributed by atoms with Crippen molar-refractivity contribution in [1.82, 2.24) is 9.55 Å². The summed E-state index contributed by atoms with van der Waals surface area (Å²) in [5.74, 6) is 0.0839. The summed E-state index contributed by atoms with van der Waals surface area (Å²) in [7, 11) is 0. The molecule has 0 bridgehead atoms. The molecule has 2 N–H and O–H groups in total. The van der Waals surface area contributed by atoms with Crippen molar-refractivity contribution in [3.63, 3.8) is 0 Å². The zero-order valence-electron chi connectivity index (χ0n) is 10.5. The number of halogens is 1. The van der Waals surface area contributed by atoms with E-state index in [1.807, 2.05) is 46.9 Å². The topological polar surface area (TPSA) is 75.1 Å². The van der Waals surface area contributed by atoms with Gasteiger partial charge in [0.15, 0.2) is 0 Å². The van der Waals surface area contributed by atoms with Crippen molar-refractivity contribution < 1.29 is 5.11 Å². The SMILES string of the molecule is O=c1[nH]c(=O)n(C[C@@H]2C[C@H](O)c3ccccc32)cc1I. The Hall–Kier alpha value is -1.41. The number of nitrogens with zero attached hydrogens (tertiary/aromatic N) is 1. The number of rotatable bonds is 2. The van der Waals surface area contributed by atoms with Crippen molar-refractivity contribution in [1.29, 1.82) is 0 Å². The summed E-state index contributed by atoms with van der Waals surface area (Å²) in [5, 5.41) is 10.1. The number of aliphatic hydroxyl groups excluding tert-OH is 1. The van der Waals surface area contributed by atoms with Crippen LogP contribution < -0.4 is 11.2 Å². The Labute approximate surface area is 128 Å². The van der Waals surface area contributed by atoms with E-state index in [2.05, 4.69) is 4.98 Å². The molecule has 1 aliphatic carbocycles. The summed E-state index contributed by atoms with van der Waals surface area (Å²) in [4.78, 5) is 25.5. The Bertz CT molecular complexity index is 765. The van der Waals surface area contributed by atoms with Gasteiger partial charge in [0.2, 0.25) is 0 Å². The van der Waals surface area contributed by atoms with Crippen LogP contribution in [0.25, 0.3) is 0 Å². The van der Waals surface area contributed by atoms with Gasteiger partial charge in [0.25, 0.3) is 5.56 Å². The number of fused-ring (bicyclic) bond motifs is 1. The number of H-pyrrole nitrogens is 1. The van der Waals surface area contributed by atoms with Gasteiger partial charge in [0.1, 0.15) is 0 Å². The molecule has 3 rings (SSSR count). The molecular formula is C14H13IN2O3. The van der Waals surface area contributed by atoms with E-state index in [0.717, 1.165) is 11.1 Å². The second kappa shape index (κ2) is 5.17. The van der Waals surface area contributed by atoms with Crippen molar-refractivity contribution in [2.45, 2.75) is 25.0 Å². The molecule has 0 fully saturated rings. The molecule has 0 saturated carbocycles. The van der Waals surface area contributed by atoms with Gasteiger partial charge in [0, 0.05) is 18.7 Å². The van der Waals surface area contributed by atoms with E-state index in [4.69, 9.17) is 0 Å². The lowest BCUT2D eigenvalue weighted by Gasteiger charge is -2.13. The van der Waals surface area contributed by atoms with Crippen molar-refractivity contribution in [2.24, 2.45) is 0 Å².